The lowest BCUT2D eigenvalue weighted by Gasteiger charge is -2.26. The van der Waals surface area contributed by atoms with Gasteiger partial charge in [-0.15, -0.1) is 11.3 Å². The van der Waals surface area contributed by atoms with Crippen LogP contribution in [0.2, 0.25) is 5.02 Å². The molecule has 0 unspecified atom stereocenters. The van der Waals surface area contributed by atoms with E-state index in [2.05, 4.69) is 28.5 Å². The Hall–Kier alpha value is -1.03. The van der Waals surface area contributed by atoms with E-state index in [0.29, 0.717) is 11.1 Å². The van der Waals surface area contributed by atoms with Crippen LogP contribution < -0.4 is 4.90 Å². The Morgan fingerprint density at radius 3 is 2.74 bits per heavy atom. The van der Waals surface area contributed by atoms with Crippen molar-refractivity contribution in [1.29, 1.82) is 0 Å². The van der Waals surface area contributed by atoms with Crippen LogP contribution >= 0.6 is 22.9 Å². The standard InChI is InChI=1S/C15H16ClNOS/c16-14-4-1-5-15(13(14)10-18)17(11-6-7-11)9-12-3-2-8-19-12/h1-5,8,11,18H,6-7,9-10H2. The van der Waals surface area contributed by atoms with Crippen molar-refractivity contribution in [3.63, 3.8) is 0 Å². The molecule has 0 amide bonds. The molecule has 100 valence electrons. The summed E-state index contributed by atoms with van der Waals surface area (Å²) in [6.07, 6.45) is 2.45. The Morgan fingerprint density at radius 2 is 2.11 bits per heavy atom. The van der Waals surface area contributed by atoms with Crippen molar-refractivity contribution < 1.29 is 5.11 Å². The molecule has 0 spiro atoms. The summed E-state index contributed by atoms with van der Waals surface area (Å²) in [6.45, 7) is 0.887. The smallest absolute Gasteiger partial charge is 0.0716 e. The normalized spacial score (nSPS) is 14.6. The fraction of sp³-hybridized carbons (Fsp3) is 0.333. The van der Waals surface area contributed by atoms with Gasteiger partial charge in [0.1, 0.15) is 0 Å². The van der Waals surface area contributed by atoms with Crippen LogP contribution in [0.3, 0.4) is 0 Å². The molecule has 3 rings (SSSR count). The molecule has 0 radical (unpaired) electrons. The Morgan fingerprint density at radius 1 is 1.26 bits per heavy atom. The third-order valence-corrected chi connectivity index (χ3v) is 4.67. The van der Waals surface area contributed by atoms with Gasteiger partial charge in [-0.05, 0) is 36.4 Å². The molecule has 1 heterocycles. The number of anilines is 1. The van der Waals surface area contributed by atoms with Crippen LogP contribution in [0.1, 0.15) is 23.3 Å². The van der Waals surface area contributed by atoms with E-state index in [1.807, 2.05) is 12.1 Å². The molecule has 0 atom stereocenters. The topological polar surface area (TPSA) is 23.5 Å². The number of halogens is 1. The maximum Gasteiger partial charge on any atom is 0.0716 e. The molecule has 19 heavy (non-hydrogen) atoms. The zero-order valence-corrected chi connectivity index (χ0v) is 12.1. The number of benzene rings is 1. The van der Waals surface area contributed by atoms with Crippen LogP contribution in [0.15, 0.2) is 35.7 Å². The highest BCUT2D eigenvalue weighted by molar-refractivity contribution is 7.09. The number of thiophene rings is 1. The van der Waals surface area contributed by atoms with E-state index in [1.54, 1.807) is 11.3 Å². The summed E-state index contributed by atoms with van der Waals surface area (Å²) in [5.41, 5.74) is 1.92. The maximum atomic E-state index is 9.57. The summed E-state index contributed by atoms with van der Waals surface area (Å²) >= 11 is 7.97. The van der Waals surface area contributed by atoms with E-state index < -0.39 is 0 Å². The number of rotatable bonds is 5. The van der Waals surface area contributed by atoms with Crippen molar-refractivity contribution in [2.24, 2.45) is 0 Å². The zero-order valence-electron chi connectivity index (χ0n) is 10.6. The molecule has 0 saturated heterocycles. The number of aliphatic hydroxyl groups excluding tert-OH is 1. The van der Waals surface area contributed by atoms with Gasteiger partial charge in [0.25, 0.3) is 0 Å². The summed E-state index contributed by atoms with van der Waals surface area (Å²) < 4.78 is 0. The van der Waals surface area contributed by atoms with E-state index >= 15 is 0 Å². The largest absolute Gasteiger partial charge is 0.392 e. The summed E-state index contributed by atoms with van der Waals surface area (Å²) in [5.74, 6) is 0. The van der Waals surface area contributed by atoms with Gasteiger partial charge in [-0.2, -0.15) is 0 Å². The van der Waals surface area contributed by atoms with Gasteiger partial charge in [-0.3, -0.25) is 0 Å². The van der Waals surface area contributed by atoms with E-state index in [1.165, 1.54) is 17.7 Å². The van der Waals surface area contributed by atoms with Crippen LogP contribution in [0.4, 0.5) is 5.69 Å². The van der Waals surface area contributed by atoms with Crippen molar-refractivity contribution >= 4 is 28.6 Å². The fourth-order valence-electron chi connectivity index (χ4n) is 2.34. The third-order valence-electron chi connectivity index (χ3n) is 3.46. The van der Waals surface area contributed by atoms with Crippen LogP contribution in [0.25, 0.3) is 0 Å². The zero-order chi connectivity index (χ0) is 13.2. The van der Waals surface area contributed by atoms with E-state index in [4.69, 9.17) is 11.6 Å². The number of aliphatic hydroxyl groups is 1. The molecule has 1 aliphatic rings. The van der Waals surface area contributed by atoms with Gasteiger partial charge in [0.05, 0.1) is 13.2 Å². The molecule has 1 fully saturated rings. The fourth-order valence-corrected chi connectivity index (χ4v) is 3.27. The predicted octanol–water partition coefficient (Wildman–Crippen LogP) is 4.06. The minimum atomic E-state index is -0.0112. The lowest BCUT2D eigenvalue weighted by Crippen LogP contribution is -2.25. The van der Waals surface area contributed by atoms with Gasteiger partial charge >= 0.3 is 0 Å². The first kappa shape index (κ1) is 13.0. The molecule has 1 aliphatic carbocycles. The molecule has 1 aromatic carbocycles. The van der Waals surface area contributed by atoms with Gasteiger partial charge in [-0.1, -0.05) is 23.7 Å². The molecule has 2 aromatic rings. The first-order chi connectivity index (χ1) is 9.29. The van der Waals surface area contributed by atoms with Crippen molar-refractivity contribution in [3.05, 3.63) is 51.2 Å². The van der Waals surface area contributed by atoms with Crippen LogP contribution in [-0.2, 0) is 13.2 Å². The first-order valence-corrected chi connectivity index (χ1v) is 7.72. The molecule has 1 aromatic heterocycles. The van der Waals surface area contributed by atoms with Crippen LogP contribution in [0.5, 0.6) is 0 Å². The van der Waals surface area contributed by atoms with Crippen LogP contribution in [-0.4, -0.2) is 11.1 Å². The number of hydrogen-bond donors (Lipinski definition) is 1. The van der Waals surface area contributed by atoms with Crippen molar-refractivity contribution in [3.8, 4) is 0 Å². The first-order valence-electron chi connectivity index (χ1n) is 6.47. The SMILES string of the molecule is OCc1c(Cl)cccc1N(Cc1cccs1)C1CC1. The molecule has 2 nitrogen and oxygen atoms in total. The molecular weight excluding hydrogens is 278 g/mol. The second-order valence-corrected chi connectivity index (χ2v) is 6.27. The van der Waals surface area contributed by atoms with Crippen molar-refractivity contribution in [2.75, 3.05) is 4.90 Å². The molecular formula is C15H16ClNOS. The Bertz CT molecular complexity index is 551. The lowest BCUT2D eigenvalue weighted by atomic mass is 10.1. The number of nitrogens with zero attached hydrogens (tertiary/aromatic N) is 1. The Balaban J connectivity index is 1.94. The van der Waals surface area contributed by atoms with E-state index in [0.717, 1.165) is 17.8 Å². The van der Waals surface area contributed by atoms with Gasteiger partial charge in [-0.25, -0.2) is 0 Å². The Kier molecular flexibility index (Phi) is 3.78. The highest BCUT2D eigenvalue weighted by Gasteiger charge is 2.30. The lowest BCUT2D eigenvalue weighted by molar-refractivity contribution is 0.282. The summed E-state index contributed by atoms with van der Waals surface area (Å²) in [5, 5.41) is 12.3. The van der Waals surface area contributed by atoms with Gasteiger partial charge in [0.2, 0.25) is 0 Å². The second kappa shape index (κ2) is 5.53. The van der Waals surface area contributed by atoms with Crippen LogP contribution in [0, 0.1) is 0 Å². The monoisotopic (exact) mass is 293 g/mol. The van der Waals surface area contributed by atoms with E-state index in [-0.39, 0.29) is 6.61 Å². The molecule has 1 saturated carbocycles. The van der Waals surface area contributed by atoms with Crippen molar-refractivity contribution in [1.82, 2.24) is 0 Å². The molecule has 0 bridgehead atoms. The second-order valence-electron chi connectivity index (χ2n) is 4.83. The van der Waals surface area contributed by atoms with Gasteiger partial charge in [0.15, 0.2) is 0 Å². The highest BCUT2D eigenvalue weighted by atomic mass is 35.5. The Labute approximate surface area is 122 Å². The maximum absolute atomic E-state index is 9.57. The van der Waals surface area contributed by atoms with Crippen molar-refractivity contribution in [2.45, 2.75) is 32.0 Å². The van der Waals surface area contributed by atoms with Gasteiger partial charge in [0, 0.05) is 27.2 Å². The average Bonchev–Trinajstić information content (AvgIpc) is 3.13. The predicted molar refractivity (Wildman–Crippen MR) is 80.9 cm³/mol. The summed E-state index contributed by atoms with van der Waals surface area (Å²) in [7, 11) is 0. The third kappa shape index (κ3) is 2.78. The minimum absolute atomic E-state index is 0.0112. The minimum Gasteiger partial charge on any atom is -0.392 e. The highest BCUT2D eigenvalue weighted by Crippen LogP contribution is 2.37. The quantitative estimate of drug-likeness (QED) is 0.898. The summed E-state index contributed by atoms with van der Waals surface area (Å²) in [6, 6.07) is 10.7. The summed E-state index contributed by atoms with van der Waals surface area (Å²) in [4.78, 5) is 3.72. The van der Waals surface area contributed by atoms with E-state index in [9.17, 15) is 5.11 Å². The number of hydrogen-bond acceptors (Lipinski definition) is 3. The molecule has 1 N–H and O–H groups in total. The molecule has 4 heteroatoms. The average molecular weight is 294 g/mol. The van der Waals surface area contributed by atoms with Gasteiger partial charge < -0.3 is 10.0 Å². The molecule has 0 aliphatic heterocycles.